The van der Waals surface area contributed by atoms with Crippen molar-refractivity contribution >= 4 is 10.1 Å². The van der Waals surface area contributed by atoms with Crippen molar-refractivity contribution in [1.82, 2.24) is 0 Å². The monoisotopic (exact) mass is 210 g/mol. The van der Waals surface area contributed by atoms with Crippen LogP contribution >= 0.6 is 0 Å². The van der Waals surface area contributed by atoms with E-state index in [0.29, 0.717) is 6.42 Å². The first-order chi connectivity index (χ1) is 4.06. The first-order valence-electron chi connectivity index (χ1n) is 3.01. The molecule has 3 nitrogen and oxygen atoms in total. The summed E-state index contributed by atoms with van der Waals surface area (Å²) < 4.78 is 28.3. The average Bonchev–Trinajstić information content (AvgIpc) is 1.63. The molecule has 0 radical (unpaired) electrons. The van der Waals surface area contributed by atoms with Gasteiger partial charge in [-0.15, -0.1) is 0 Å². The summed E-state index contributed by atoms with van der Waals surface area (Å²) in [4.78, 5) is 0. The van der Waals surface area contributed by atoms with Crippen molar-refractivity contribution in [2.75, 3.05) is 5.75 Å². The van der Waals surface area contributed by atoms with E-state index in [1.807, 2.05) is 6.92 Å². The molecular formula is C5H12NiO3S. The summed E-state index contributed by atoms with van der Waals surface area (Å²) in [5.74, 6) is -0.0964. The standard InChI is InChI=1S/C5H12O3S.Ni/c1-2-3-4-5-9(6,7)8;/h2-5H2,1H3,(H,6,7,8);. The van der Waals surface area contributed by atoms with Gasteiger partial charge >= 0.3 is 0 Å². The van der Waals surface area contributed by atoms with Crippen molar-refractivity contribution in [2.45, 2.75) is 26.2 Å². The minimum absolute atomic E-state index is 0. The van der Waals surface area contributed by atoms with Crippen LogP contribution in [0.1, 0.15) is 26.2 Å². The molecule has 0 bridgehead atoms. The molecule has 0 aromatic rings. The Kier molecular flexibility index (Phi) is 7.99. The zero-order valence-electron chi connectivity index (χ0n) is 5.82. The fourth-order valence-electron chi connectivity index (χ4n) is 0.534. The molecule has 0 saturated carbocycles. The Bertz CT molecular complexity index is 152. The van der Waals surface area contributed by atoms with Gasteiger partial charge in [0.25, 0.3) is 10.1 Å². The molecule has 0 aromatic carbocycles. The van der Waals surface area contributed by atoms with Gasteiger partial charge in [0, 0.05) is 16.5 Å². The smallest absolute Gasteiger partial charge is 0.264 e. The summed E-state index contributed by atoms with van der Waals surface area (Å²) in [6.07, 6.45) is 2.39. The molecular weight excluding hydrogens is 199 g/mol. The second kappa shape index (κ2) is 6.14. The summed E-state index contributed by atoms with van der Waals surface area (Å²) in [5, 5.41) is 0. The van der Waals surface area contributed by atoms with Gasteiger partial charge in [-0.1, -0.05) is 19.8 Å². The molecule has 0 aromatic heterocycles. The molecule has 66 valence electrons. The van der Waals surface area contributed by atoms with Crippen LogP contribution in [0.3, 0.4) is 0 Å². The van der Waals surface area contributed by atoms with Gasteiger partial charge < -0.3 is 0 Å². The second-order valence-corrected chi connectivity index (χ2v) is 3.57. The molecule has 10 heavy (non-hydrogen) atoms. The van der Waals surface area contributed by atoms with Gasteiger partial charge in [0.2, 0.25) is 0 Å². The number of unbranched alkanes of at least 4 members (excludes halogenated alkanes) is 2. The van der Waals surface area contributed by atoms with Crippen LogP contribution < -0.4 is 0 Å². The molecule has 0 saturated heterocycles. The van der Waals surface area contributed by atoms with Crippen molar-refractivity contribution < 1.29 is 29.5 Å². The van der Waals surface area contributed by atoms with Crippen LogP contribution in [0.5, 0.6) is 0 Å². The quantitative estimate of drug-likeness (QED) is 0.429. The zero-order chi connectivity index (χ0) is 7.33. The van der Waals surface area contributed by atoms with E-state index in [-0.39, 0.29) is 22.2 Å². The molecule has 0 atom stereocenters. The first kappa shape index (κ1) is 13.0. The second-order valence-electron chi connectivity index (χ2n) is 1.99. The third-order valence-corrected chi connectivity index (χ3v) is 1.81. The number of hydrogen-bond acceptors (Lipinski definition) is 2. The molecule has 5 heteroatoms. The Balaban J connectivity index is 0. The normalized spacial score (nSPS) is 10.6. The van der Waals surface area contributed by atoms with Crippen LogP contribution in [0.25, 0.3) is 0 Å². The van der Waals surface area contributed by atoms with E-state index in [1.165, 1.54) is 0 Å². The van der Waals surface area contributed by atoms with Gasteiger partial charge in [0.15, 0.2) is 0 Å². The molecule has 0 fully saturated rings. The van der Waals surface area contributed by atoms with Crippen LogP contribution in [-0.4, -0.2) is 18.7 Å². The third-order valence-electron chi connectivity index (χ3n) is 1.01. The van der Waals surface area contributed by atoms with Crippen molar-refractivity contribution in [3.63, 3.8) is 0 Å². The Labute approximate surface area is 71.9 Å². The van der Waals surface area contributed by atoms with E-state index >= 15 is 0 Å². The molecule has 0 aliphatic rings. The van der Waals surface area contributed by atoms with Crippen LogP contribution in [0.4, 0.5) is 0 Å². The Morgan fingerprint density at radius 3 is 2.10 bits per heavy atom. The maximum atomic E-state index is 10.1. The van der Waals surface area contributed by atoms with Gasteiger partial charge in [-0.25, -0.2) is 0 Å². The molecule has 1 N–H and O–H groups in total. The topological polar surface area (TPSA) is 54.4 Å². The van der Waals surface area contributed by atoms with Gasteiger partial charge in [-0.2, -0.15) is 8.42 Å². The van der Waals surface area contributed by atoms with Gasteiger partial charge in [-0.3, -0.25) is 4.55 Å². The van der Waals surface area contributed by atoms with Gasteiger partial charge in [0.1, 0.15) is 0 Å². The van der Waals surface area contributed by atoms with Crippen LogP contribution in [0, 0.1) is 0 Å². The Morgan fingerprint density at radius 1 is 1.30 bits per heavy atom. The van der Waals surface area contributed by atoms with Gasteiger partial charge in [0.05, 0.1) is 5.75 Å². The minimum Gasteiger partial charge on any atom is -0.286 e. The van der Waals surface area contributed by atoms with Crippen LogP contribution in [0.2, 0.25) is 0 Å². The van der Waals surface area contributed by atoms with E-state index in [1.54, 1.807) is 0 Å². The van der Waals surface area contributed by atoms with Crippen molar-refractivity contribution in [3.8, 4) is 0 Å². The van der Waals surface area contributed by atoms with Crippen molar-refractivity contribution in [1.29, 1.82) is 0 Å². The van der Waals surface area contributed by atoms with Crippen LogP contribution in [0.15, 0.2) is 0 Å². The first-order valence-corrected chi connectivity index (χ1v) is 4.62. The number of rotatable bonds is 4. The van der Waals surface area contributed by atoms with E-state index in [4.69, 9.17) is 4.55 Å². The summed E-state index contributed by atoms with van der Waals surface area (Å²) >= 11 is 0. The van der Waals surface area contributed by atoms with Crippen molar-refractivity contribution in [3.05, 3.63) is 0 Å². The number of hydrogen-bond donors (Lipinski definition) is 1. The van der Waals surface area contributed by atoms with Crippen molar-refractivity contribution in [2.24, 2.45) is 0 Å². The van der Waals surface area contributed by atoms with E-state index in [9.17, 15) is 8.42 Å². The molecule has 0 rings (SSSR count). The molecule has 0 aliphatic heterocycles. The third kappa shape index (κ3) is 11.2. The predicted molar refractivity (Wildman–Crippen MR) is 35.9 cm³/mol. The maximum absolute atomic E-state index is 10.1. The maximum Gasteiger partial charge on any atom is 0.264 e. The zero-order valence-corrected chi connectivity index (χ0v) is 7.62. The minimum atomic E-state index is -3.70. The molecule has 0 spiro atoms. The Hall–Kier alpha value is 0.404. The summed E-state index contributed by atoms with van der Waals surface area (Å²) in [7, 11) is -3.70. The molecule has 0 aliphatic carbocycles. The predicted octanol–water partition coefficient (Wildman–Crippen LogP) is 1.06. The van der Waals surface area contributed by atoms with Crippen LogP contribution in [-0.2, 0) is 26.6 Å². The molecule has 0 unspecified atom stereocenters. The largest absolute Gasteiger partial charge is 0.286 e. The molecule has 0 amide bonds. The van der Waals surface area contributed by atoms with E-state index in [0.717, 1.165) is 12.8 Å². The Morgan fingerprint density at radius 2 is 1.80 bits per heavy atom. The average molecular weight is 211 g/mol. The summed E-state index contributed by atoms with van der Waals surface area (Å²) in [6, 6.07) is 0. The van der Waals surface area contributed by atoms with E-state index in [2.05, 4.69) is 0 Å². The van der Waals surface area contributed by atoms with E-state index < -0.39 is 10.1 Å². The summed E-state index contributed by atoms with van der Waals surface area (Å²) in [5.41, 5.74) is 0. The molecule has 0 heterocycles. The fourth-order valence-corrected chi connectivity index (χ4v) is 1.10. The SMILES string of the molecule is CCCCCS(=O)(=O)O.[Ni]. The van der Waals surface area contributed by atoms with Gasteiger partial charge in [-0.05, 0) is 6.42 Å². The fraction of sp³-hybridized carbons (Fsp3) is 1.00. The summed E-state index contributed by atoms with van der Waals surface area (Å²) in [6.45, 7) is 1.98.